The number of methoxy groups -OCH3 is 3. The van der Waals surface area contributed by atoms with E-state index in [0.29, 0.717) is 17.2 Å². The Morgan fingerprint density at radius 3 is 2.39 bits per heavy atom. The molecule has 0 bridgehead atoms. The van der Waals surface area contributed by atoms with Crippen molar-refractivity contribution in [3.05, 3.63) is 47.8 Å². The molecule has 0 atom stereocenters. The number of nitrogens with one attached hydrogen (secondary N) is 1. The third-order valence-electron chi connectivity index (χ3n) is 3.03. The molecule has 0 aliphatic rings. The molecule has 7 heteroatoms. The minimum Gasteiger partial charge on any atom is -0.497 e. The first-order valence-electron chi connectivity index (χ1n) is 6.67. The van der Waals surface area contributed by atoms with Gasteiger partial charge in [-0.25, -0.2) is 9.78 Å². The zero-order valence-corrected chi connectivity index (χ0v) is 13.0. The number of anilines is 1. The van der Waals surface area contributed by atoms with Gasteiger partial charge in [-0.15, -0.1) is 0 Å². The lowest BCUT2D eigenvalue weighted by molar-refractivity contribution is 0.0594. The number of hydrogen-bond donors (Lipinski definition) is 1. The number of hydrogen-bond acceptors (Lipinski definition) is 6. The highest BCUT2D eigenvalue weighted by molar-refractivity contribution is 6.04. The number of carbonyl (C=O) groups is 2. The zero-order valence-electron chi connectivity index (χ0n) is 13.0. The highest BCUT2D eigenvalue weighted by atomic mass is 16.5. The van der Waals surface area contributed by atoms with Crippen LogP contribution in [0.4, 0.5) is 5.69 Å². The van der Waals surface area contributed by atoms with Gasteiger partial charge in [-0.05, 0) is 24.3 Å². The van der Waals surface area contributed by atoms with Gasteiger partial charge < -0.3 is 19.5 Å². The third kappa shape index (κ3) is 3.76. The van der Waals surface area contributed by atoms with Crippen molar-refractivity contribution in [2.45, 2.75) is 0 Å². The van der Waals surface area contributed by atoms with Crippen LogP contribution in [0.15, 0.2) is 36.4 Å². The molecule has 0 spiro atoms. The van der Waals surface area contributed by atoms with Gasteiger partial charge in [0.05, 0.1) is 27.0 Å². The highest BCUT2D eigenvalue weighted by Crippen LogP contribution is 2.29. The Labute approximate surface area is 133 Å². The summed E-state index contributed by atoms with van der Waals surface area (Å²) in [7, 11) is 4.27. The van der Waals surface area contributed by atoms with Crippen LogP contribution in [-0.2, 0) is 4.74 Å². The average Bonchev–Trinajstić information content (AvgIpc) is 2.61. The minimum atomic E-state index is -0.610. The molecular formula is C16H16N2O5. The maximum absolute atomic E-state index is 12.3. The van der Waals surface area contributed by atoms with E-state index < -0.39 is 11.9 Å². The highest BCUT2D eigenvalue weighted by Gasteiger charge is 2.14. The number of benzene rings is 1. The summed E-state index contributed by atoms with van der Waals surface area (Å²) < 4.78 is 14.9. The van der Waals surface area contributed by atoms with E-state index in [0.717, 1.165) is 0 Å². The molecule has 1 aromatic carbocycles. The molecule has 0 saturated carbocycles. The second-order valence-electron chi connectivity index (χ2n) is 4.42. The Kier molecular flexibility index (Phi) is 5.14. The van der Waals surface area contributed by atoms with Crippen LogP contribution < -0.4 is 14.8 Å². The van der Waals surface area contributed by atoms with Gasteiger partial charge in [0.1, 0.15) is 22.9 Å². The van der Waals surface area contributed by atoms with Gasteiger partial charge in [-0.3, -0.25) is 4.79 Å². The van der Waals surface area contributed by atoms with Crippen LogP contribution in [0.1, 0.15) is 21.0 Å². The van der Waals surface area contributed by atoms with Crippen LogP contribution in [-0.4, -0.2) is 38.2 Å². The standard InChI is InChI=1S/C16H16N2O5/c1-21-10-7-8-11(14(9-10)22-2)18-15(19)12-5-4-6-13(17-12)16(20)23-3/h4-9H,1-3H3,(H,18,19). The molecule has 0 unspecified atom stereocenters. The van der Waals surface area contributed by atoms with Crippen LogP contribution >= 0.6 is 0 Å². The number of rotatable bonds is 5. The summed E-state index contributed by atoms with van der Waals surface area (Å²) in [5, 5.41) is 2.68. The van der Waals surface area contributed by atoms with Crippen LogP contribution in [0.2, 0.25) is 0 Å². The first-order chi connectivity index (χ1) is 11.1. The fourth-order valence-electron chi connectivity index (χ4n) is 1.87. The van der Waals surface area contributed by atoms with Crippen molar-refractivity contribution in [2.24, 2.45) is 0 Å². The minimum absolute atomic E-state index is 0.0573. The van der Waals surface area contributed by atoms with Crippen LogP contribution in [0.5, 0.6) is 11.5 Å². The topological polar surface area (TPSA) is 86.8 Å². The van der Waals surface area contributed by atoms with Crippen molar-refractivity contribution < 1.29 is 23.8 Å². The summed E-state index contributed by atoms with van der Waals surface area (Å²) in [6.45, 7) is 0. The van der Waals surface area contributed by atoms with E-state index in [9.17, 15) is 9.59 Å². The van der Waals surface area contributed by atoms with Gasteiger partial charge in [0.2, 0.25) is 0 Å². The Bertz CT molecular complexity index is 730. The van der Waals surface area contributed by atoms with Crippen molar-refractivity contribution in [3.63, 3.8) is 0 Å². The smallest absolute Gasteiger partial charge is 0.356 e. The van der Waals surface area contributed by atoms with E-state index in [1.54, 1.807) is 24.3 Å². The first kappa shape index (κ1) is 16.3. The van der Waals surface area contributed by atoms with Gasteiger partial charge in [0, 0.05) is 6.07 Å². The number of carbonyl (C=O) groups excluding carboxylic acids is 2. The molecule has 0 saturated heterocycles. The number of pyridine rings is 1. The molecule has 7 nitrogen and oxygen atoms in total. The first-order valence-corrected chi connectivity index (χ1v) is 6.67. The molecule has 1 N–H and O–H groups in total. The lowest BCUT2D eigenvalue weighted by Gasteiger charge is -2.11. The number of amides is 1. The Balaban J connectivity index is 2.24. The van der Waals surface area contributed by atoms with Crippen molar-refractivity contribution in [3.8, 4) is 11.5 Å². The normalized spacial score (nSPS) is 9.87. The van der Waals surface area contributed by atoms with Gasteiger partial charge in [-0.1, -0.05) is 6.07 Å². The van der Waals surface area contributed by atoms with E-state index in [-0.39, 0.29) is 11.4 Å². The van der Waals surface area contributed by atoms with Gasteiger partial charge in [0.15, 0.2) is 0 Å². The molecule has 1 aromatic heterocycles. The number of esters is 1. The number of aromatic nitrogens is 1. The summed E-state index contributed by atoms with van der Waals surface area (Å²) in [5.74, 6) is -0.0339. The zero-order chi connectivity index (χ0) is 16.8. The predicted octanol–water partition coefficient (Wildman–Crippen LogP) is 2.14. The molecule has 0 fully saturated rings. The Morgan fingerprint density at radius 1 is 1.00 bits per heavy atom. The molecule has 0 aliphatic carbocycles. The molecule has 0 aliphatic heterocycles. The molecule has 1 heterocycles. The van der Waals surface area contributed by atoms with Crippen molar-refractivity contribution in [1.82, 2.24) is 4.98 Å². The molecule has 1 amide bonds. The van der Waals surface area contributed by atoms with E-state index in [1.807, 2.05) is 0 Å². The Hall–Kier alpha value is -3.09. The maximum Gasteiger partial charge on any atom is 0.356 e. The fraction of sp³-hybridized carbons (Fsp3) is 0.188. The molecule has 2 rings (SSSR count). The van der Waals surface area contributed by atoms with Crippen LogP contribution in [0.25, 0.3) is 0 Å². The van der Waals surface area contributed by atoms with E-state index in [2.05, 4.69) is 15.0 Å². The van der Waals surface area contributed by atoms with E-state index >= 15 is 0 Å². The molecule has 2 aromatic rings. The van der Waals surface area contributed by atoms with Crippen molar-refractivity contribution >= 4 is 17.6 Å². The lowest BCUT2D eigenvalue weighted by atomic mass is 10.2. The number of nitrogens with zero attached hydrogens (tertiary/aromatic N) is 1. The third-order valence-corrected chi connectivity index (χ3v) is 3.03. The van der Waals surface area contributed by atoms with Gasteiger partial charge >= 0.3 is 5.97 Å². The predicted molar refractivity (Wildman–Crippen MR) is 83.1 cm³/mol. The summed E-state index contributed by atoms with van der Waals surface area (Å²) >= 11 is 0. The second-order valence-corrected chi connectivity index (χ2v) is 4.42. The van der Waals surface area contributed by atoms with E-state index in [1.165, 1.54) is 33.5 Å². The second kappa shape index (κ2) is 7.26. The summed E-state index contributed by atoms with van der Waals surface area (Å²) in [4.78, 5) is 27.7. The quantitative estimate of drug-likeness (QED) is 0.850. The lowest BCUT2D eigenvalue weighted by Crippen LogP contribution is -2.16. The van der Waals surface area contributed by atoms with E-state index in [4.69, 9.17) is 9.47 Å². The van der Waals surface area contributed by atoms with Crippen molar-refractivity contribution in [2.75, 3.05) is 26.6 Å². The van der Waals surface area contributed by atoms with Crippen molar-refractivity contribution in [1.29, 1.82) is 0 Å². The molecule has 0 radical (unpaired) electrons. The van der Waals surface area contributed by atoms with Gasteiger partial charge in [0.25, 0.3) is 5.91 Å². The molecular weight excluding hydrogens is 300 g/mol. The van der Waals surface area contributed by atoms with Crippen LogP contribution in [0, 0.1) is 0 Å². The Morgan fingerprint density at radius 2 is 1.74 bits per heavy atom. The van der Waals surface area contributed by atoms with Crippen LogP contribution in [0.3, 0.4) is 0 Å². The maximum atomic E-state index is 12.3. The average molecular weight is 316 g/mol. The molecule has 120 valence electrons. The van der Waals surface area contributed by atoms with Gasteiger partial charge in [-0.2, -0.15) is 0 Å². The molecule has 23 heavy (non-hydrogen) atoms. The SMILES string of the molecule is COC(=O)c1cccc(C(=O)Nc2ccc(OC)cc2OC)n1. The summed E-state index contributed by atoms with van der Waals surface area (Å²) in [6.07, 6.45) is 0. The summed E-state index contributed by atoms with van der Waals surface area (Å²) in [5.41, 5.74) is 0.608. The summed E-state index contributed by atoms with van der Waals surface area (Å²) in [6, 6.07) is 9.51. The monoisotopic (exact) mass is 316 g/mol. The fourth-order valence-corrected chi connectivity index (χ4v) is 1.87. The number of ether oxygens (including phenoxy) is 3. The largest absolute Gasteiger partial charge is 0.497 e.